The summed E-state index contributed by atoms with van der Waals surface area (Å²) in [6, 6.07) is 3.46. The molecule has 1 saturated heterocycles. The van der Waals surface area contributed by atoms with Gasteiger partial charge in [-0.3, -0.25) is 4.79 Å². The Hall–Kier alpha value is -1.67. The third-order valence-corrected chi connectivity index (χ3v) is 6.72. The van der Waals surface area contributed by atoms with Gasteiger partial charge in [0.1, 0.15) is 23.2 Å². The van der Waals surface area contributed by atoms with Crippen LogP contribution in [0.15, 0.2) is 16.9 Å². The molecule has 2 unspecified atom stereocenters. The first-order chi connectivity index (χ1) is 13.1. The average Bonchev–Trinajstić information content (AvgIpc) is 3.13. The molecule has 2 aromatic rings. The Kier molecular flexibility index (Phi) is 5.63. The molecule has 0 radical (unpaired) electrons. The highest BCUT2D eigenvalue weighted by Crippen LogP contribution is 2.27. The Labute approximate surface area is 160 Å². The van der Waals surface area contributed by atoms with E-state index in [9.17, 15) is 13.6 Å². The van der Waals surface area contributed by atoms with Crippen molar-refractivity contribution >= 4 is 28.4 Å². The Morgan fingerprint density at radius 1 is 1.26 bits per heavy atom. The number of fused-ring (bicyclic) bond motifs is 1. The number of thioether (sulfide) groups is 1. The van der Waals surface area contributed by atoms with Crippen LogP contribution in [-0.2, 0) is 5.75 Å². The van der Waals surface area contributed by atoms with E-state index in [1.807, 2.05) is 0 Å². The highest BCUT2D eigenvalue weighted by molar-refractivity contribution is 7.99. The smallest absolute Gasteiger partial charge is 0.261 e. The number of anilines is 1. The van der Waals surface area contributed by atoms with Gasteiger partial charge >= 0.3 is 0 Å². The second kappa shape index (κ2) is 8.14. The van der Waals surface area contributed by atoms with E-state index in [1.165, 1.54) is 30.7 Å². The number of rotatable bonds is 5. The number of hydrogen-bond donors (Lipinski definition) is 3. The molecule has 0 spiro atoms. The van der Waals surface area contributed by atoms with Gasteiger partial charge in [-0.2, -0.15) is 0 Å². The van der Waals surface area contributed by atoms with Gasteiger partial charge in [0.15, 0.2) is 0 Å². The normalized spacial score (nSPS) is 23.8. The van der Waals surface area contributed by atoms with E-state index in [1.54, 1.807) is 6.07 Å². The minimum absolute atomic E-state index is 0.0223. The maximum absolute atomic E-state index is 14.5. The predicted molar refractivity (Wildman–Crippen MR) is 106 cm³/mol. The van der Waals surface area contributed by atoms with E-state index in [4.69, 9.17) is 0 Å². The molecule has 27 heavy (non-hydrogen) atoms. The monoisotopic (exact) mass is 394 g/mol. The third-order valence-electron chi connectivity index (χ3n) is 5.32. The molecule has 1 aromatic heterocycles. The molecule has 2 atom stereocenters. The van der Waals surface area contributed by atoms with Crippen molar-refractivity contribution < 1.29 is 8.78 Å². The van der Waals surface area contributed by atoms with Crippen LogP contribution in [0.2, 0.25) is 0 Å². The zero-order valence-corrected chi connectivity index (χ0v) is 15.9. The number of hydrogen-bond acceptors (Lipinski definition) is 5. The Morgan fingerprint density at radius 2 is 2.07 bits per heavy atom. The molecule has 4 rings (SSSR count). The van der Waals surface area contributed by atoms with E-state index in [2.05, 4.69) is 20.6 Å². The van der Waals surface area contributed by atoms with Crippen LogP contribution in [0, 0.1) is 5.82 Å². The number of nitrogens with one attached hydrogen (secondary N) is 3. The highest BCUT2D eigenvalue weighted by atomic mass is 32.2. The summed E-state index contributed by atoms with van der Waals surface area (Å²) in [5, 5.41) is 6.24. The number of halogens is 2. The topological polar surface area (TPSA) is 69.8 Å². The zero-order valence-electron chi connectivity index (χ0n) is 15.1. The van der Waals surface area contributed by atoms with Gasteiger partial charge in [0.2, 0.25) is 0 Å². The van der Waals surface area contributed by atoms with Crippen LogP contribution >= 0.6 is 11.8 Å². The van der Waals surface area contributed by atoms with Gasteiger partial charge in [-0.15, -0.1) is 11.8 Å². The molecule has 8 heteroatoms. The van der Waals surface area contributed by atoms with Crippen LogP contribution in [0.25, 0.3) is 10.9 Å². The van der Waals surface area contributed by atoms with Crippen LogP contribution in [0.4, 0.5) is 14.5 Å². The van der Waals surface area contributed by atoms with Crippen molar-refractivity contribution in [2.75, 3.05) is 18.4 Å². The number of aromatic nitrogens is 2. The van der Waals surface area contributed by atoms with Crippen molar-refractivity contribution in [3.8, 4) is 0 Å². The standard InChI is InChI=1S/C19H24F2N4OS/c20-13-7-12(23-11-3-1-2-4-11)8-15-18(13)19(26)25-17(24-15)10-27-16-5-6-22-9-14(16)21/h7-8,11,14,16,22-23H,1-6,9-10H2,(H,24,25,26). The number of piperidine rings is 1. The van der Waals surface area contributed by atoms with Crippen molar-refractivity contribution in [3.63, 3.8) is 0 Å². The number of nitrogens with zero attached hydrogens (tertiary/aromatic N) is 1. The summed E-state index contributed by atoms with van der Waals surface area (Å²) in [5.41, 5.74) is 0.519. The molecule has 1 aliphatic carbocycles. The number of benzene rings is 1. The molecular formula is C19H24F2N4OS. The first-order valence-electron chi connectivity index (χ1n) is 9.55. The molecule has 1 saturated carbocycles. The van der Waals surface area contributed by atoms with Crippen molar-refractivity contribution in [1.29, 1.82) is 0 Å². The second-order valence-corrected chi connectivity index (χ2v) is 8.58. The molecule has 2 heterocycles. The molecular weight excluding hydrogens is 370 g/mol. The molecule has 146 valence electrons. The number of aromatic amines is 1. The fourth-order valence-electron chi connectivity index (χ4n) is 3.90. The largest absolute Gasteiger partial charge is 0.382 e. The zero-order chi connectivity index (χ0) is 18.8. The molecule has 0 amide bonds. The molecule has 2 aliphatic rings. The summed E-state index contributed by atoms with van der Waals surface area (Å²) < 4.78 is 28.4. The van der Waals surface area contributed by atoms with Gasteiger partial charge in [-0.05, 0) is 37.9 Å². The van der Waals surface area contributed by atoms with E-state index in [0.717, 1.165) is 25.8 Å². The molecule has 1 aliphatic heterocycles. The first-order valence-corrected chi connectivity index (χ1v) is 10.6. The van der Waals surface area contributed by atoms with Crippen LogP contribution in [0.3, 0.4) is 0 Å². The minimum atomic E-state index is -0.907. The quantitative estimate of drug-likeness (QED) is 0.726. The lowest BCUT2D eigenvalue weighted by Crippen LogP contribution is -2.39. The summed E-state index contributed by atoms with van der Waals surface area (Å²) in [4.78, 5) is 19.4. The minimum Gasteiger partial charge on any atom is -0.382 e. The van der Waals surface area contributed by atoms with E-state index in [-0.39, 0.29) is 10.6 Å². The van der Waals surface area contributed by atoms with Crippen molar-refractivity contribution in [1.82, 2.24) is 15.3 Å². The van der Waals surface area contributed by atoms with Gasteiger partial charge in [0.05, 0.1) is 11.3 Å². The van der Waals surface area contributed by atoms with Gasteiger partial charge in [-0.1, -0.05) is 12.8 Å². The maximum Gasteiger partial charge on any atom is 0.261 e. The Morgan fingerprint density at radius 3 is 2.85 bits per heavy atom. The summed E-state index contributed by atoms with van der Waals surface area (Å²) in [6.07, 6.45) is 4.35. The molecule has 2 fully saturated rings. The number of H-pyrrole nitrogens is 1. The van der Waals surface area contributed by atoms with Crippen LogP contribution in [0.5, 0.6) is 0 Å². The number of alkyl halides is 1. The summed E-state index contributed by atoms with van der Waals surface area (Å²) in [5.74, 6) is 0.293. The SMILES string of the molecule is O=c1[nH]c(CSC2CCNCC2F)nc2cc(NC3CCCC3)cc(F)c12. The van der Waals surface area contributed by atoms with E-state index in [0.29, 0.717) is 35.4 Å². The average molecular weight is 394 g/mol. The lowest BCUT2D eigenvalue weighted by molar-refractivity contribution is 0.275. The molecule has 3 N–H and O–H groups in total. The van der Waals surface area contributed by atoms with E-state index >= 15 is 0 Å². The summed E-state index contributed by atoms with van der Waals surface area (Å²) in [6.45, 7) is 1.15. The third kappa shape index (κ3) is 4.27. The van der Waals surface area contributed by atoms with Crippen LogP contribution < -0.4 is 16.2 Å². The Bertz CT molecular complexity index is 869. The Balaban J connectivity index is 1.55. The molecule has 5 nitrogen and oxygen atoms in total. The predicted octanol–water partition coefficient (Wildman–Crippen LogP) is 3.35. The van der Waals surface area contributed by atoms with Crippen molar-refractivity contribution in [3.05, 3.63) is 34.1 Å². The van der Waals surface area contributed by atoms with Gasteiger partial charge < -0.3 is 15.6 Å². The molecule has 0 bridgehead atoms. The van der Waals surface area contributed by atoms with Crippen LogP contribution in [0.1, 0.15) is 37.9 Å². The first kappa shape index (κ1) is 18.7. The van der Waals surface area contributed by atoms with Crippen LogP contribution in [-0.4, -0.2) is 40.5 Å². The van der Waals surface area contributed by atoms with Crippen molar-refractivity contribution in [2.45, 2.75) is 55.3 Å². The van der Waals surface area contributed by atoms with E-state index < -0.39 is 17.5 Å². The maximum atomic E-state index is 14.5. The highest BCUT2D eigenvalue weighted by Gasteiger charge is 2.25. The van der Waals surface area contributed by atoms with Crippen molar-refractivity contribution in [2.24, 2.45) is 0 Å². The second-order valence-electron chi connectivity index (χ2n) is 7.35. The molecule has 1 aromatic carbocycles. The van der Waals surface area contributed by atoms with Gasteiger partial charge in [-0.25, -0.2) is 13.8 Å². The fourth-order valence-corrected chi connectivity index (χ4v) is 5.00. The lowest BCUT2D eigenvalue weighted by Gasteiger charge is -2.25. The fraction of sp³-hybridized carbons (Fsp3) is 0.579. The summed E-state index contributed by atoms with van der Waals surface area (Å²) >= 11 is 1.45. The summed E-state index contributed by atoms with van der Waals surface area (Å²) in [7, 11) is 0. The van der Waals surface area contributed by atoms with Gasteiger partial charge in [0, 0.05) is 23.5 Å². The van der Waals surface area contributed by atoms with Gasteiger partial charge in [0.25, 0.3) is 5.56 Å². The lowest BCUT2D eigenvalue weighted by atomic mass is 10.1.